The molecule has 0 spiro atoms. The molecule has 0 fully saturated rings. The highest BCUT2D eigenvalue weighted by molar-refractivity contribution is 5.52. The average molecular weight is 339 g/mol. The molecule has 1 N–H and O–H groups in total. The van der Waals surface area contributed by atoms with Crippen molar-refractivity contribution in [1.82, 2.24) is 19.6 Å². The summed E-state index contributed by atoms with van der Waals surface area (Å²) in [6, 6.07) is 1.94. The maximum Gasteiger partial charge on any atom is 0.395 e. The van der Waals surface area contributed by atoms with E-state index in [1.807, 2.05) is 6.92 Å². The number of halogens is 3. The van der Waals surface area contributed by atoms with Gasteiger partial charge < -0.3 is 10.1 Å². The molecule has 6 nitrogen and oxygen atoms in total. The summed E-state index contributed by atoms with van der Waals surface area (Å²) in [7, 11) is 0. The standard InChI is InChI=1S/C15H16F3N5O/c1-3-24-14-21-13-19-9(2)8-12(23(13)22-14)20-11-6-4-10(5-7-11)15(16,17)18/h4,6-8,10,20H,3,5H2,1-2H3. The van der Waals surface area contributed by atoms with Gasteiger partial charge in [-0.25, -0.2) is 4.98 Å². The van der Waals surface area contributed by atoms with E-state index in [4.69, 9.17) is 4.74 Å². The van der Waals surface area contributed by atoms with Gasteiger partial charge in [-0.1, -0.05) is 12.2 Å². The number of allylic oxidation sites excluding steroid dienone is 3. The predicted molar refractivity (Wildman–Crippen MR) is 81.7 cm³/mol. The van der Waals surface area contributed by atoms with Crippen LogP contribution < -0.4 is 10.1 Å². The third-order valence-electron chi connectivity index (χ3n) is 3.49. The Morgan fingerprint density at radius 2 is 2.17 bits per heavy atom. The molecule has 128 valence electrons. The topological polar surface area (TPSA) is 64.3 Å². The Hall–Kier alpha value is -2.58. The van der Waals surface area contributed by atoms with E-state index in [0.29, 0.717) is 29.6 Å². The Morgan fingerprint density at radius 3 is 2.79 bits per heavy atom. The fraction of sp³-hybridized carbons (Fsp3) is 0.400. The summed E-state index contributed by atoms with van der Waals surface area (Å²) in [5.74, 6) is -0.537. The minimum Gasteiger partial charge on any atom is -0.463 e. The summed E-state index contributed by atoms with van der Waals surface area (Å²) >= 11 is 0. The number of aromatic nitrogens is 4. The van der Waals surface area contributed by atoms with Crippen LogP contribution in [0.25, 0.3) is 5.78 Å². The second kappa shape index (κ2) is 6.14. The van der Waals surface area contributed by atoms with Crippen molar-refractivity contribution in [3.05, 3.63) is 35.7 Å². The van der Waals surface area contributed by atoms with E-state index < -0.39 is 12.1 Å². The molecule has 1 aliphatic carbocycles. The molecule has 9 heteroatoms. The fourth-order valence-electron chi connectivity index (χ4n) is 2.35. The Kier molecular flexibility index (Phi) is 4.16. The first-order valence-electron chi connectivity index (χ1n) is 7.46. The molecule has 2 aromatic heterocycles. The van der Waals surface area contributed by atoms with E-state index in [0.717, 1.165) is 6.08 Å². The fourth-order valence-corrected chi connectivity index (χ4v) is 2.35. The first-order chi connectivity index (χ1) is 11.4. The molecule has 1 aliphatic rings. The number of aryl methyl sites for hydroxylation is 1. The Labute approximate surface area is 136 Å². The zero-order valence-electron chi connectivity index (χ0n) is 13.1. The van der Waals surface area contributed by atoms with Crippen LogP contribution in [0, 0.1) is 12.8 Å². The Balaban J connectivity index is 1.85. The van der Waals surface area contributed by atoms with Crippen molar-refractivity contribution >= 4 is 11.6 Å². The lowest BCUT2D eigenvalue weighted by Gasteiger charge is -2.19. The van der Waals surface area contributed by atoms with Gasteiger partial charge in [-0.3, -0.25) is 0 Å². The molecule has 2 aromatic rings. The third kappa shape index (κ3) is 3.34. The highest BCUT2D eigenvalue weighted by atomic mass is 19.4. The summed E-state index contributed by atoms with van der Waals surface area (Å²) in [4.78, 5) is 8.41. The normalized spacial score (nSPS) is 17.9. The van der Waals surface area contributed by atoms with Crippen molar-refractivity contribution in [3.8, 4) is 6.01 Å². The van der Waals surface area contributed by atoms with Crippen LogP contribution in [0.4, 0.5) is 19.0 Å². The van der Waals surface area contributed by atoms with Gasteiger partial charge in [0.2, 0.25) is 0 Å². The average Bonchev–Trinajstić information content (AvgIpc) is 2.90. The number of hydrogen-bond donors (Lipinski definition) is 1. The highest BCUT2D eigenvalue weighted by Crippen LogP contribution is 2.33. The lowest BCUT2D eigenvalue weighted by Crippen LogP contribution is -2.22. The number of fused-ring (bicyclic) bond motifs is 1. The molecule has 0 radical (unpaired) electrons. The second-order valence-electron chi connectivity index (χ2n) is 5.35. The number of nitrogens with one attached hydrogen (secondary N) is 1. The molecule has 0 saturated heterocycles. The summed E-state index contributed by atoms with van der Waals surface area (Å²) in [5.41, 5.74) is 1.27. The number of anilines is 1. The molecule has 0 aromatic carbocycles. The van der Waals surface area contributed by atoms with Gasteiger partial charge in [0, 0.05) is 17.5 Å². The van der Waals surface area contributed by atoms with Gasteiger partial charge in [0.05, 0.1) is 12.5 Å². The van der Waals surface area contributed by atoms with Crippen LogP contribution in [0.5, 0.6) is 6.01 Å². The van der Waals surface area contributed by atoms with Gasteiger partial charge in [-0.05, 0) is 26.3 Å². The zero-order chi connectivity index (χ0) is 17.3. The van der Waals surface area contributed by atoms with Gasteiger partial charge in [-0.15, -0.1) is 5.10 Å². The van der Waals surface area contributed by atoms with Crippen molar-refractivity contribution in [2.75, 3.05) is 11.9 Å². The molecule has 0 amide bonds. The molecule has 0 saturated carbocycles. The van der Waals surface area contributed by atoms with Crippen LogP contribution in [0.3, 0.4) is 0 Å². The lowest BCUT2D eigenvalue weighted by atomic mass is 9.99. The van der Waals surface area contributed by atoms with Crippen molar-refractivity contribution in [2.45, 2.75) is 26.4 Å². The number of rotatable bonds is 4. The number of alkyl halides is 3. The molecule has 1 unspecified atom stereocenters. The molecule has 3 rings (SSSR count). The second-order valence-corrected chi connectivity index (χ2v) is 5.35. The molecular formula is C15H16F3N5O. The van der Waals surface area contributed by atoms with Gasteiger partial charge in [0.15, 0.2) is 0 Å². The summed E-state index contributed by atoms with van der Waals surface area (Å²) in [6.07, 6.45) is -0.237. The third-order valence-corrected chi connectivity index (χ3v) is 3.49. The van der Waals surface area contributed by atoms with Crippen LogP contribution in [-0.2, 0) is 0 Å². The summed E-state index contributed by atoms with van der Waals surface area (Å²) in [6.45, 7) is 4.04. The van der Waals surface area contributed by atoms with Crippen LogP contribution in [0.1, 0.15) is 19.0 Å². The predicted octanol–water partition coefficient (Wildman–Crippen LogP) is 3.27. The van der Waals surface area contributed by atoms with Crippen molar-refractivity contribution < 1.29 is 17.9 Å². The number of ether oxygens (including phenoxy) is 1. The molecule has 0 bridgehead atoms. The van der Waals surface area contributed by atoms with Crippen LogP contribution >= 0.6 is 0 Å². The Morgan fingerprint density at radius 1 is 1.38 bits per heavy atom. The van der Waals surface area contributed by atoms with Crippen LogP contribution in [-0.4, -0.2) is 32.4 Å². The molecule has 1 atom stereocenters. The van der Waals surface area contributed by atoms with Gasteiger partial charge >= 0.3 is 12.2 Å². The molecule has 2 heterocycles. The minimum atomic E-state index is -4.22. The van der Waals surface area contributed by atoms with E-state index in [-0.39, 0.29) is 12.4 Å². The van der Waals surface area contributed by atoms with Crippen LogP contribution in [0.15, 0.2) is 30.0 Å². The highest BCUT2D eigenvalue weighted by Gasteiger charge is 2.37. The van der Waals surface area contributed by atoms with E-state index in [9.17, 15) is 13.2 Å². The minimum absolute atomic E-state index is 0.100. The van der Waals surface area contributed by atoms with E-state index in [1.54, 1.807) is 13.0 Å². The molecule has 0 aliphatic heterocycles. The quantitative estimate of drug-likeness (QED) is 0.926. The SMILES string of the molecule is CCOc1nc2nc(C)cc(NC3=CCC(C(F)(F)F)C=C3)n2n1. The van der Waals surface area contributed by atoms with Gasteiger partial charge in [0.1, 0.15) is 5.82 Å². The Bertz CT molecular complexity index is 809. The lowest BCUT2D eigenvalue weighted by molar-refractivity contribution is -0.160. The largest absolute Gasteiger partial charge is 0.463 e. The maximum absolute atomic E-state index is 12.7. The number of hydrogen-bond acceptors (Lipinski definition) is 5. The first-order valence-corrected chi connectivity index (χ1v) is 7.46. The monoisotopic (exact) mass is 339 g/mol. The van der Waals surface area contributed by atoms with Crippen molar-refractivity contribution in [3.63, 3.8) is 0 Å². The number of nitrogens with zero attached hydrogens (tertiary/aromatic N) is 4. The van der Waals surface area contributed by atoms with E-state index >= 15 is 0 Å². The molecular weight excluding hydrogens is 323 g/mol. The van der Waals surface area contributed by atoms with Crippen LogP contribution in [0.2, 0.25) is 0 Å². The molecule has 24 heavy (non-hydrogen) atoms. The van der Waals surface area contributed by atoms with E-state index in [2.05, 4.69) is 20.4 Å². The smallest absolute Gasteiger partial charge is 0.395 e. The first kappa shape index (κ1) is 16.3. The summed E-state index contributed by atoms with van der Waals surface area (Å²) < 4.78 is 44.8. The van der Waals surface area contributed by atoms with E-state index in [1.165, 1.54) is 16.7 Å². The van der Waals surface area contributed by atoms with Gasteiger partial charge in [0.25, 0.3) is 5.78 Å². The van der Waals surface area contributed by atoms with Gasteiger partial charge in [-0.2, -0.15) is 22.7 Å². The summed E-state index contributed by atoms with van der Waals surface area (Å²) in [5, 5.41) is 7.25. The zero-order valence-corrected chi connectivity index (χ0v) is 13.1. The van der Waals surface area contributed by atoms with Crippen molar-refractivity contribution in [1.29, 1.82) is 0 Å². The van der Waals surface area contributed by atoms with Crippen molar-refractivity contribution in [2.24, 2.45) is 5.92 Å². The maximum atomic E-state index is 12.7.